The van der Waals surface area contributed by atoms with Crippen LogP contribution in [0.2, 0.25) is 0 Å². The number of nitrogens with zero attached hydrogens (tertiary/aromatic N) is 1. The first-order chi connectivity index (χ1) is 10.8. The summed E-state index contributed by atoms with van der Waals surface area (Å²) in [5.41, 5.74) is 1.75. The van der Waals surface area contributed by atoms with Crippen molar-refractivity contribution in [3.63, 3.8) is 0 Å². The number of alkyl carbamates (subject to hydrolysis) is 1. The Balaban J connectivity index is 1.94. The Morgan fingerprint density at radius 2 is 1.73 bits per heavy atom. The number of isocyanates is 1. The molecule has 0 aliphatic carbocycles. The molecule has 5 nitrogen and oxygen atoms in total. The van der Waals surface area contributed by atoms with Crippen molar-refractivity contribution in [2.24, 2.45) is 4.99 Å². The lowest BCUT2D eigenvalue weighted by molar-refractivity contribution is 0.136. The first-order valence-electron chi connectivity index (χ1n) is 6.85. The van der Waals surface area contributed by atoms with Crippen molar-refractivity contribution >= 4 is 12.2 Å². The molecule has 2 aromatic carbocycles. The van der Waals surface area contributed by atoms with Gasteiger partial charge in [0.05, 0.1) is 12.6 Å². The van der Waals surface area contributed by atoms with Crippen LogP contribution in [0.1, 0.15) is 17.2 Å². The SMILES string of the molecule is O=C=NCC(NC(=O)OCc1ccccc1)c1ccccc1. The number of carbonyl (C=O) groups excluding carboxylic acids is 2. The predicted molar refractivity (Wildman–Crippen MR) is 81.9 cm³/mol. The number of rotatable bonds is 6. The van der Waals surface area contributed by atoms with E-state index in [1.165, 1.54) is 6.08 Å². The molecule has 0 fully saturated rings. The van der Waals surface area contributed by atoms with Gasteiger partial charge in [-0.3, -0.25) is 0 Å². The maximum atomic E-state index is 11.9. The van der Waals surface area contributed by atoms with Gasteiger partial charge < -0.3 is 10.1 Å². The summed E-state index contributed by atoms with van der Waals surface area (Å²) >= 11 is 0. The number of nitrogens with one attached hydrogen (secondary N) is 1. The molecular weight excluding hydrogens is 280 g/mol. The third-order valence-corrected chi connectivity index (χ3v) is 3.05. The molecule has 0 aromatic heterocycles. The van der Waals surface area contributed by atoms with Gasteiger partial charge in [-0.05, 0) is 11.1 Å². The molecule has 1 unspecified atom stereocenters. The Morgan fingerprint density at radius 1 is 1.09 bits per heavy atom. The van der Waals surface area contributed by atoms with Gasteiger partial charge in [0.1, 0.15) is 6.61 Å². The largest absolute Gasteiger partial charge is 0.445 e. The molecular formula is C17H16N2O3. The maximum absolute atomic E-state index is 11.9. The normalized spacial score (nSPS) is 11.1. The van der Waals surface area contributed by atoms with Crippen LogP contribution in [-0.2, 0) is 16.1 Å². The average Bonchev–Trinajstić information content (AvgIpc) is 2.58. The molecule has 5 heteroatoms. The van der Waals surface area contributed by atoms with Gasteiger partial charge in [-0.1, -0.05) is 60.7 Å². The van der Waals surface area contributed by atoms with Gasteiger partial charge in [0.15, 0.2) is 0 Å². The first-order valence-corrected chi connectivity index (χ1v) is 6.85. The van der Waals surface area contributed by atoms with Crippen LogP contribution in [0.3, 0.4) is 0 Å². The number of aliphatic imine (C=N–C) groups is 1. The maximum Gasteiger partial charge on any atom is 0.408 e. The predicted octanol–water partition coefficient (Wildman–Crippen LogP) is 2.99. The molecule has 1 N–H and O–H groups in total. The summed E-state index contributed by atoms with van der Waals surface area (Å²) in [6, 6.07) is 18.2. The second kappa shape index (κ2) is 8.39. The quantitative estimate of drug-likeness (QED) is 0.658. The van der Waals surface area contributed by atoms with Crippen LogP contribution in [-0.4, -0.2) is 18.7 Å². The fourth-order valence-electron chi connectivity index (χ4n) is 1.96. The van der Waals surface area contributed by atoms with Gasteiger partial charge in [-0.2, -0.15) is 0 Å². The van der Waals surface area contributed by atoms with Gasteiger partial charge in [-0.25, -0.2) is 14.6 Å². The van der Waals surface area contributed by atoms with Crippen LogP contribution < -0.4 is 5.32 Å². The topological polar surface area (TPSA) is 67.8 Å². The summed E-state index contributed by atoms with van der Waals surface area (Å²) in [6.07, 6.45) is 0.925. The highest BCUT2D eigenvalue weighted by molar-refractivity contribution is 5.68. The minimum Gasteiger partial charge on any atom is -0.445 e. The zero-order chi connectivity index (χ0) is 15.6. The van der Waals surface area contributed by atoms with E-state index in [0.29, 0.717) is 0 Å². The molecule has 0 heterocycles. The molecule has 0 spiro atoms. The molecule has 22 heavy (non-hydrogen) atoms. The number of amides is 1. The van der Waals surface area contributed by atoms with E-state index < -0.39 is 12.1 Å². The smallest absolute Gasteiger partial charge is 0.408 e. The van der Waals surface area contributed by atoms with Gasteiger partial charge in [0.2, 0.25) is 6.08 Å². The standard InChI is InChI=1S/C17H16N2O3/c20-13-18-11-16(15-9-5-2-6-10-15)19-17(21)22-12-14-7-3-1-4-8-14/h1-10,16H,11-12H2,(H,19,21). The Labute approximate surface area is 128 Å². The monoisotopic (exact) mass is 296 g/mol. The van der Waals surface area contributed by atoms with Crippen molar-refractivity contribution in [3.05, 3.63) is 71.8 Å². The Kier molecular flexibility index (Phi) is 5.91. The van der Waals surface area contributed by atoms with Crippen LogP contribution in [0.5, 0.6) is 0 Å². The second-order valence-electron chi connectivity index (χ2n) is 4.60. The summed E-state index contributed by atoms with van der Waals surface area (Å²) in [5.74, 6) is 0. The van der Waals surface area contributed by atoms with E-state index in [4.69, 9.17) is 4.74 Å². The van der Waals surface area contributed by atoms with Gasteiger partial charge in [0, 0.05) is 0 Å². The second-order valence-corrected chi connectivity index (χ2v) is 4.60. The molecule has 112 valence electrons. The number of carbonyl (C=O) groups is 1. The molecule has 1 amide bonds. The summed E-state index contributed by atoms with van der Waals surface area (Å²) < 4.78 is 5.17. The van der Waals surface area contributed by atoms with Gasteiger partial charge in [-0.15, -0.1) is 0 Å². The molecule has 0 saturated carbocycles. The zero-order valence-electron chi connectivity index (χ0n) is 11.9. The Morgan fingerprint density at radius 3 is 2.36 bits per heavy atom. The third kappa shape index (κ3) is 4.89. The van der Waals surface area contributed by atoms with Crippen molar-refractivity contribution in [2.75, 3.05) is 6.54 Å². The van der Waals surface area contributed by atoms with Crippen molar-refractivity contribution in [1.29, 1.82) is 0 Å². The number of ether oxygens (including phenoxy) is 1. The fraction of sp³-hybridized carbons (Fsp3) is 0.176. The summed E-state index contributed by atoms with van der Waals surface area (Å²) in [6.45, 7) is 0.305. The van der Waals surface area contributed by atoms with Crippen molar-refractivity contribution in [3.8, 4) is 0 Å². The number of hydrogen-bond acceptors (Lipinski definition) is 4. The highest BCUT2D eigenvalue weighted by atomic mass is 16.5. The molecule has 0 bridgehead atoms. The molecule has 2 aromatic rings. The van der Waals surface area contributed by atoms with Crippen LogP contribution in [0.4, 0.5) is 4.79 Å². The Hall–Kier alpha value is -2.91. The molecule has 2 rings (SSSR count). The molecule has 0 aliphatic heterocycles. The zero-order valence-corrected chi connectivity index (χ0v) is 11.9. The highest BCUT2D eigenvalue weighted by Crippen LogP contribution is 2.13. The van der Waals surface area contributed by atoms with Crippen LogP contribution in [0.15, 0.2) is 65.7 Å². The molecule has 0 aliphatic rings. The molecule has 1 atom stereocenters. The molecule has 0 saturated heterocycles. The van der Waals surface area contributed by atoms with Crippen LogP contribution in [0, 0.1) is 0 Å². The van der Waals surface area contributed by atoms with E-state index >= 15 is 0 Å². The minimum absolute atomic E-state index is 0.119. The van der Waals surface area contributed by atoms with Gasteiger partial charge >= 0.3 is 6.09 Å². The molecule has 0 radical (unpaired) electrons. The lowest BCUT2D eigenvalue weighted by Gasteiger charge is -2.16. The highest BCUT2D eigenvalue weighted by Gasteiger charge is 2.14. The lowest BCUT2D eigenvalue weighted by atomic mass is 10.1. The van der Waals surface area contributed by atoms with E-state index in [1.54, 1.807) is 0 Å². The van der Waals surface area contributed by atoms with E-state index in [0.717, 1.165) is 11.1 Å². The van der Waals surface area contributed by atoms with E-state index in [9.17, 15) is 9.59 Å². The van der Waals surface area contributed by atoms with E-state index in [1.807, 2.05) is 60.7 Å². The lowest BCUT2D eigenvalue weighted by Crippen LogP contribution is -2.30. The summed E-state index contributed by atoms with van der Waals surface area (Å²) in [7, 11) is 0. The average molecular weight is 296 g/mol. The number of benzene rings is 2. The summed E-state index contributed by atoms with van der Waals surface area (Å²) in [5, 5.41) is 2.70. The number of hydrogen-bond donors (Lipinski definition) is 1. The Bertz CT molecular complexity index is 637. The third-order valence-electron chi connectivity index (χ3n) is 3.05. The van der Waals surface area contributed by atoms with E-state index in [2.05, 4.69) is 10.3 Å². The minimum atomic E-state index is -0.557. The van der Waals surface area contributed by atoms with Crippen molar-refractivity contribution in [1.82, 2.24) is 5.32 Å². The van der Waals surface area contributed by atoms with E-state index in [-0.39, 0.29) is 13.2 Å². The fourth-order valence-corrected chi connectivity index (χ4v) is 1.96. The van der Waals surface area contributed by atoms with Crippen LogP contribution in [0.25, 0.3) is 0 Å². The summed E-state index contributed by atoms with van der Waals surface area (Å²) in [4.78, 5) is 25.7. The van der Waals surface area contributed by atoms with Gasteiger partial charge in [0.25, 0.3) is 0 Å². The van der Waals surface area contributed by atoms with Crippen LogP contribution >= 0.6 is 0 Å². The first kappa shape index (κ1) is 15.5. The van der Waals surface area contributed by atoms with Crippen molar-refractivity contribution < 1.29 is 14.3 Å². The van der Waals surface area contributed by atoms with Crippen molar-refractivity contribution in [2.45, 2.75) is 12.6 Å².